The van der Waals surface area contributed by atoms with Gasteiger partial charge in [0.2, 0.25) is 5.91 Å². The van der Waals surface area contributed by atoms with Gasteiger partial charge in [-0.25, -0.2) is 4.98 Å². The third kappa shape index (κ3) is 3.65. The second kappa shape index (κ2) is 8.12. The highest BCUT2D eigenvalue weighted by Gasteiger charge is 2.47. The van der Waals surface area contributed by atoms with Crippen LogP contribution < -0.4 is 4.90 Å². The highest BCUT2D eigenvalue weighted by atomic mass is 16.5. The molecule has 1 aromatic heterocycles. The Hall–Kier alpha value is -2.25. The molecule has 3 aliphatic rings. The lowest BCUT2D eigenvalue weighted by atomic mass is 9.71. The zero-order valence-corrected chi connectivity index (χ0v) is 17.4. The van der Waals surface area contributed by atoms with Crippen molar-refractivity contribution in [2.75, 3.05) is 44.3 Å². The highest BCUT2D eigenvalue weighted by Crippen LogP contribution is 2.40. The van der Waals surface area contributed by atoms with Crippen molar-refractivity contribution in [2.45, 2.75) is 38.2 Å². The molecule has 0 aliphatic carbocycles. The van der Waals surface area contributed by atoms with E-state index in [-0.39, 0.29) is 17.2 Å². The topological polar surface area (TPSA) is 78.8 Å². The summed E-state index contributed by atoms with van der Waals surface area (Å²) >= 11 is 0. The van der Waals surface area contributed by atoms with Gasteiger partial charge in [-0.05, 0) is 44.2 Å². The van der Waals surface area contributed by atoms with Gasteiger partial charge in [-0.2, -0.15) is 0 Å². The van der Waals surface area contributed by atoms with Gasteiger partial charge in [0, 0.05) is 50.7 Å². The van der Waals surface area contributed by atoms with E-state index in [1.54, 1.807) is 0 Å². The molecule has 4 heterocycles. The minimum Gasteiger partial charge on any atom is -0.392 e. The minimum absolute atomic E-state index is 0.0668. The number of rotatable bonds is 2. The summed E-state index contributed by atoms with van der Waals surface area (Å²) in [6.07, 6.45) is 5.61. The zero-order chi connectivity index (χ0) is 20.6. The van der Waals surface area contributed by atoms with Crippen LogP contribution in [0.5, 0.6) is 0 Å². The maximum Gasteiger partial charge on any atom is 0.225 e. The van der Waals surface area contributed by atoms with E-state index in [4.69, 9.17) is 9.72 Å². The summed E-state index contributed by atoms with van der Waals surface area (Å²) in [5.74, 6) is 1.16. The van der Waals surface area contributed by atoms with E-state index in [9.17, 15) is 9.90 Å². The van der Waals surface area contributed by atoms with Crippen LogP contribution in [0.15, 0.2) is 30.5 Å². The zero-order valence-electron chi connectivity index (χ0n) is 17.4. The number of ether oxygens (including phenoxy) is 1. The lowest BCUT2D eigenvalue weighted by Gasteiger charge is -2.51. The predicted octanol–water partition coefficient (Wildman–Crippen LogP) is 2.24. The first-order chi connectivity index (χ1) is 14.6. The monoisotopic (exact) mass is 410 g/mol. The number of amides is 1. The number of anilines is 1. The summed E-state index contributed by atoms with van der Waals surface area (Å²) in [5, 5.41) is 11.0. The first-order valence-electron chi connectivity index (χ1n) is 11.2. The second-order valence-corrected chi connectivity index (χ2v) is 9.06. The van der Waals surface area contributed by atoms with Crippen LogP contribution in [0.1, 0.15) is 32.1 Å². The SMILES string of the molecule is O=C(C1CCOCC1)N1CCC[C@@]2(C1)CN(c1cnc3ccccc3n1)CC[C@@H]2O. The average molecular weight is 411 g/mol. The van der Waals surface area contributed by atoms with Crippen LogP contribution in [0.3, 0.4) is 0 Å². The van der Waals surface area contributed by atoms with Crippen molar-refractivity contribution >= 4 is 22.8 Å². The van der Waals surface area contributed by atoms with Crippen LogP contribution in [0.4, 0.5) is 5.82 Å². The van der Waals surface area contributed by atoms with Crippen LogP contribution in [0, 0.1) is 11.3 Å². The van der Waals surface area contributed by atoms with Gasteiger partial charge in [0.05, 0.1) is 23.3 Å². The fourth-order valence-electron chi connectivity index (χ4n) is 5.40. The Morgan fingerprint density at radius 1 is 1.10 bits per heavy atom. The maximum absolute atomic E-state index is 13.1. The van der Waals surface area contributed by atoms with Gasteiger partial charge in [-0.3, -0.25) is 9.78 Å². The van der Waals surface area contributed by atoms with Crippen molar-refractivity contribution < 1.29 is 14.6 Å². The number of fused-ring (bicyclic) bond motifs is 1. The number of carbonyl (C=O) groups excluding carboxylic acids is 1. The molecule has 7 heteroatoms. The molecule has 30 heavy (non-hydrogen) atoms. The Labute approximate surface area is 177 Å². The van der Waals surface area contributed by atoms with Crippen LogP contribution >= 0.6 is 0 Å². The van der Waals surface area contributed by atoms with E-state index in [2.05, 4.69) is 9.88 Å². The van der Waals surface area contributed by atoms with Crippen LogP contribution in [0.25, 0.3) is 11.0 Å². The standard InChI is InChI=1S/C23H30N4O3/c28-20-6-11-26(21-14-24-18-4-1-2-5-19(18)25-21)15-23(20)9-3-10-27(16-23)22(29)17-7-12-30-13-8-17/h1-2,4-5,14,17,20,28H,3,6-13,15-16H2/t20-,23-/m0/s1. The Kier molecular flexibility index (Phi) is 5.33. The maximum atomic E-state index is 13.1. The van der Waals surface area contributed by atoms with Crippen molar-refractivity contribution in [1.82, 2.24) is 14.9 Å². The number of aliphatic hydroxyl groups is 1. The van der Waals surface area contributed by atoms with Gasteiger partial charge in [-0.1, -0.05) is 12.1 Å². The molecule has 7 nitrogen and oxygen atoms in total. The van der Waals surface area contributed by atoms with Gasteiger partial charge in [0.15, 0.2) is 0 Å². The Balaban J connectivity index is 1.35. The van der Waals surface area contributed by atoms with Gasteiger partial charge in [0.1, 0.15) is 5.82 Å². The van der Waals surface area contributed by atoms with E-state index >= 15 is 0 Å². The third-order valence-electron chi connectivity index (χ3n) is 7.14. The number of nitrogens with zero attached hydrogens (tertiary/aromatic N) is 4. The van der Waals surface area contributed by atoms with Gasteiger partial charge >= 0.3 is 0 Å². The number of para-hydroxylation sites is 2. The third-order valence-corrected chi connectivity index (χ3v) is 7.14. The van der Waals surface area contributed by atoms with Crippen LogP contribution in [-0.2, 0) is 9.53 Å². The molecule has 160 valence electrons. The first kappa shape index (κ1) is 19.7. The summed E-state index contributed by atoms with van der Waals surface area (Å²) in [6.45, 7) is 4.23. The Bertz CT molecular complexity index is 916. The molecular formula is C23H30N4O3. The van der Waals surface area contributed by atoms with Crippen LogP contribution in [-0.4, -0.2) is 71.4 Å². The van der Waals surface area contributed by atoms with Crippen molar-refractivity contribution in [1.29, 1.82) is 0 Å². The summed E-state index contributed by atoms with van der Waals surface area (Å²) in [6, 6.07) is 7.89. The normalized spacial score (nSPS) is 28.2. The lowest BCUT2D eigenvalue weighted by Crippen LogP contribution is -2.60. The number of carbonyl (C=O) groups is 1. The summed E-state index contributed by atoms with van der Waals surface area (Å²) < 4.78 is 5.43. The Morgan fingerprint density at radius 2 is 1.90 bits per heavy atom. The minimum atomic E-state index is -0.396. The first-order valence-corrected chi connectivity index (χ1v) is 11.2. The molecule has 1 N–H and O–H groups in total. The number of aromatic nitrogens is 2. The molecule has 0 unspecified atom stereocenters. The number of hydrogen-bond donors (Lipinski definition) is 1. The van der Waals surface area contributed by atoms with Gasteiger partial charge < -0.3 is 19.6 Å². The fourth-order valence-corrected chi connectivity index (χ4v) is 5.40. The molecule has 1 spiro atoms. The number of aliphatic hydroxyl groups excluding tert-OH is 1. The van der Waals surface area contributed by atoms with Crippen LogP contribution in [0.2, 0.25) is 0 Å². The number of likely N-dealkylation sites (tertiary alicyclic amines) is 1. The summed E-state index contributed by atoms with van der Waals surface area (Å²) in [5.41, 5.74) is 1.47. The predicted molar refractivity (Wildman–Crippen MR) is 114 cm³/mol. The molecule has 2 atom stereocenters. The largest absolute Gasteiger partial charge is 0.392 e. The molecule has 3 saturated heterocycles. The van der Waals surface area contributed by atoms with E-state index in [1.807, 2.05) is 35.4 Å². The molecule has 3 aliphatic heterocycles. The molecule has 0 saturated carbocycles. The Morgan fingerprint density at radius 3 is 2.73 bits per heavy atom. The van der Waals surface area contributed by atoms with E-state index in [1.165, 1.54) is 0 Å². The number of hydrogen-bond acceptors (Lipinski definition) is 6. The molecule has 0 bridgehead atoms. The molecular weight excluding hydrogens is 380 g/mol. The van der Waals surface area contributed by atoms with Crippen molar-refractivity contribution in [2.24, 2.45) is 11.3 Å². The summed E-state index contributed by atoms with van der Waals surface area (Å²) in [7, 11) is 0. The molecule has 2 aromatic rings. The number of benzene rings is 1. The highest BCUT2D eigenvalue weighted by molar-refractivity contribution is 5.79. The van der Waals surface area contributed by atoms with Crippen molar-refractivity contribution in [3.05, 3.63) is 30.5 Å². The van der Waals surface area contributed by atoms with Gasteiger partial charge in [0.25, 0.3) is 0 Å². The second-order valence-electron chi connectivity index (χ2n) is 9.06. The number of piperidine rings is 2. The van der Waals surface area contributed by atoms with Gasteiger partial charge in [-0.15, -0.1) is 0 Å². The van der Waals surface area contributed by atoms with Crippen molar-refractivity contribution in [3.63, 3.8) is 0 Å². The molecule has 1 aromatic carbocycles. The molecule has 3 fully saturated rings. The smallest absolute Gasteiger partial charge is 0.225 e. The lowest BCUT2D eigenvalue weighted by molar-refractivity contribution is -0.145. The molecule has 5 rings (SSSR count). The van der Waals surface area contributed by atoms with E-state index < -0.39 is 6.10 Å². The molecule has 0 radical (unpaired) electrons. The van der Waals surface area contributed by atoms with Crippen molar-refractivity contribution in [3.8, 4) is 0 Å². The fraction of sp³-hybridized carbons (Fsp3) is 0.609. The molecule has 1 amide bonds. The van der Waals surface area contributed by atoms with E-state index in [0.717, 1.165) is 55.6 Å². The average Bonchev–Trinajstić information content (AvgIpc) is 2.81. The quantitative estimate of drug-likeness (QED) is 0.818. The summed E-state index contributed by atoms with van der Waals surface area (Å²) in [4.78, 5) is 26.8. The van der Waals surface area contributed by atoms with E-state index in [0.29, 0.717) is 32.7 Å².